The fourth-order valence-electron chi connectivity index (χ4n) is 5.66. The van der Waals surface area contributed by atoms with Crippen LogP contribution in [0.2, 0.25) is 0 Å². The summed E-state index contributed by atoms with van der Waals surface area (Å²) in [7, 11) is 1.40. The van der Waals surface area contributed by atoms with E-state index in [4.69, 9.17) is 21.7 Å². The molecule has 8 heteroatoms. The molecule has 2 atom stereocenters. The molecule has 2 aromatic heterocycles. The smallest absolute Gasteiger partial charge is 0.339 e. The number of esters is 1. The number of aromatic nitrogens is 2. The maximum atomic E-state index is 12.7. The Morgan fingerprint density at radius 1 is 0.881 bits per heavy atom. The third-order valence-corrected chi connectivity index (χ3v) is 7.85. The van der Waals surface area contributed by atoms with Crippen molar-refractivity contribution in [3.63, 3.8) is 0 Å². The first-order valence-corrected chi connectivity index (χ1v) is 14.1. The second-order valence-electron chi connectivity index (χ2n) is 10.1. The number of anilines is 1. The molecule has 3 aromatic carbocycles. The Kier molecular flexibility index (Phi) is 7.46. The van der Waals surface area contributed by atoms with E-state index in [1.807, 2.05) is 97.9 Å². The third-order valence-electron chi connectivity index (χ3n) is 7.53. The van der Waals surface area contributed by atoms with E-state index in [9.17, 15) is 4.79 Å². The van der Waals surface area contributed by atoms with Crippen molar-refractivity contribution in [2.45, 2.75) is 25.9 Å². The van der Waals surface area contributed by atoms with Crippen LogP contribution in [0.5, 0.6) is 11.5 Å². The lowest BCUT2D eigenvalue weighted by Crippen LogP contribution is -2.29. The van der Waals surface area contributed by atoms with Crippen LogP contribution in [0.25, 0.3) is 5.69 Å². The highest BCUT2D eigenvalue weighted by Crippen LogP contribution is 2.44. The molecule has 7 nitrogen and oxygen atoms in total. The lowest BCUT2D eigenvalue weighted by molar-refractivity contribution is 0.0600. The van der Waals surface area contributed by atoms with Crippen LogP contribution in [0, 0.1) is 13.8 Å². The summed E-state index contributed by atoms with van der Waals surface area (Å²) in [4.78, 5) is 19.5. The van der Waals surface area contributed by atoms with Gasteiger partial charge in [0, 0.05) is 23.3 Å². The normalized spacial score (nSPS) is 16.3. The average Bonchev–Trinajstić information content (AvgIpc) is 3.52. The zero-order valence-corrected chi connectivity index (χ0v) is 24.3. The molecule has 3 heterocycles. The summed E-state index contributed by atoms with van der Waals surface area (Å²) in [5.74, 6) is 1.13. The zero-order chi connectivity index (χ0) is 29.2. The molecule has 5 aromatic rings. The summed E-state index contributed by atoms with van der Waals surface area (Å²) in [6.45, 7) is 4.11. The van der Waals surface area contributed by atoms with Crippen LogP contribution in [0.15, 0.2) is 109 Å². The molecule has 0 saturated carbocycles. The van der Waals surface area contributed by atoms with Crippen molar-refractivity contribution in [1.82, 2.24) is 14.9 Å². The van der Waals surface area contributed by atoms with Gasteiger partial charge in [0.05, 0.1) is 36.1 Å². The number of methoxy groups -OCH3 is 1. The molecule has 0 bridgehead atoms. The zero-order valence-electron chi connectivity index (χ0n) is 23.5. The summed E-state index contributed by atoms with van der Waals surface area (Å²) in [5, 5.41) is 4.14. The van der Waals surface area contributed by atoms with E-state index in [0.29, 0.717) is 10.7 Å². The monoisotopic (exact) mass is 574 g/mol. The highest BCUT2D eigenvalue weighted by molar-refractivity contribution is 7.80. The fraction of sp³-hybridized carbons (Fsp3) is 0.147. The molecular weight excluding hydrogens is 544 g/mol. The van der Waals surface area contributed by atoms with Crippen molar-refractivity contribution >= 4 is 29.0 Å². The van der Waals surface area contributed by atoms with Gasteiger partial charge in [-0.3, -0.25) is 4.98 Å². The average molecular weight is 575 g/mol. The minimum Gasteiger partial charge on any atom is -0.465 e. The molecule has 6 rings (SSSR count). The van der Waals surface area contributed by atoms with E-state index in [1.165, 1.54) is 7.11 Å². The number of ether oxygens (including phenoxy) is 2. The summed E-state index contributed by atoms with van der Waals surface area (Å²) in [6.07, 6.45) is 1.80. The molecule has 1 aliphatic heterocycles. The van der Waals surface area contributed by atoms with Gasteiger partial charge in [-0.25, -0.2) is 4.79 Å². The van der Waals surface area contributed by atoms with Crippen molar-refractivity contribution in [3.05, 3.63) is 138 Å². The maximum absolute atomic E-state index is 12.7. The number of nitrogens with one attached hydrogen (secondary N) is 1. The van der Waals surface area contributed by atoms with Crippen LogP contribution in [-0.4, -0.2) is 27.7 Å². The first-order valence-electron chi connectivity index (χ1n) is 13.7. The number of thiocarbonyl (C=S) groups is 1. The van der Waals surface area contributed by atoms with E-state index >= 15 is 0 Å². The van der Waals surface area contributed by atoms with Crippen molar-refractivity contribution in [2.75, 3.05) is 12.0 Å². The lowest BCUT2D eigenvalue weighted by Gasteiger charge is -2.28. The second kappa shape index (κ2) is 11.5. The number of hydrogen-bond donors (Lipinski definition) is 1. The van der Waals surface area contributed by atoms with Gasteiger partial charge >= 0.3 is 5.97 Å². The Morgan fingerprint density at radius 2 is 1.57 bits per heavy atom. The van der Waals surface area contributed by atoms with Gasteiger partial charge in [-0.2, -0.15) is 0 Å². The molecule has 0 radical (unpaired) electrons. The molecular formula is C34H30N4O3S. The van der Waals surface area contributed by atoms with E-state index in [-0.39, 0.29) is 18.1 Å². The Bertz CT molecular complexity index is 1740. The molecule has 1 N–H and O–H groups in total. The van der Waals surface area contributed by atoms with Gasteiger partial charge in [0.25, 0.3) is 0 Å². The van der Waals surface area contributed by atoms with Crippen LogP contribution >= 0.6 is 12.2 Å². The molecule has 0 spiro atoms. The Balaban J connectivity index is 1.44. The number of benzene rings is 3. The minimum atomic E-state index is -0.380. The van der Waals surface area contributed by atoms with Gasteiger partial charge in [0.1, 0.15) is 11.5 Å². The van der Waals surface area contributed by atoms with E-state index in [2.05, 4.69) is 32.8 Å². The fourth-order valence-corrected chi connectivity index (χ4v) is 6.00. The highest BCUT2D eigenvalue weighted by atomic mass is 32.1. The number of pyridine rings is 1. The number of rotatable bonds is 7. The highest BCUT2D eigenvalue weighted by Gasteiger charge is 2.42. The van der Waals surface area contributed by atoms with Gasteiger partial charge in [0.2, 0.25) is 0 Å². The summed E-state index contributed by atoms with van der Waals surface area (Å²) in [5.41, 5.74) is 6.13. The Morgan fingerprint density at radius 3 is 2.29 bits per heavy atom. The van der Waals surface area contributed by atoms with Gasteiger partial charge in [-0.1, -0.05) is 36.4 Å². The molecule has 0 unspecified atom stereocenters. The SMILES string of the molecule is COC(=O)c1ccccc1-n1c(C)cc([C@@H]2[C@H](c3ccccn3)NC(=S)N2c2ccc(Oc3ccccc3)cc2)c1C. The molecule has 0 aliphatic carbocycles. The number of aryl methyl sites for hydroxylation is 1. The molecule has 210 valence electrons. The predicted molar refractivity (Wildman–Crippen MR) is 167 cm³/mol. The van der Waals surface area contributed by atoms with Crippen molar-refractivity contribution in [2.24, 2.45) is 0 Å². The number of nitrogens with zero attached hydrogens (tertiary/aromatic N) is 3. The van der Waals surface area contributed by atoms with E-state index in [1.54, 1.807) is 12.3 Å². The molecule has 1 aliphatic rings. The summed E-state index contributed by atoms with van der Waals surface area (Å²) < 4.78 is 13.2. The van der Waals surface area contributed by atoms with Gasteiger partial charge in [-0.15, -0.1) is 0 Å². The Labute approximate surface area is 250 Å². The van der Waals surface area contributed by atoms with Gasteiger partial charge in [0.15, 0.2) is 5.11 Å². The third kappa shape index (κ3) is 5.01. The minimum absolute atomic E-state index is 0.205. The maximum Gasteiger partial charge on any atom is 0.339 e. The van der Waals surface area contributed by atoms with Crippen molar-refractivity contribution < 1.29 is 14.3 Å². The van der Waals surface area contributed by atoms with Crippen LogP contribution in [0.4, 0.5) is 5.69 Å². The van der Waals surface area contributed by atoms with Crippen LogP contribution in [0.3, 0.4) is 0 Å². The lowest BCUT2D eigenvalue weighted by atomic mass is 9.96. The Hall–Kier alpha value is -4.95. The number of para-hydroxylation sites is 2. The van der Waals surface area contributed by atoms with E-state index in [0.717, 1.165) is 45.5 Å². The molecule has 42 heavy (non-hydrogen) atoms. The molecule has 1 saturated heterocycles. The first kappa shape index (κ1) is 27.2. The summed E-state index contributed by atoms with van der Waals surface area (Å²) in [6, 6.07) is 32.8. The van der Waals surface area contributed by atoms with Crippen LogP contribution < -0.4 is 15.0 Å². The number of hydrogen-bond acceptors (Lipinski definition) is 5. The largest absolute Gasteiger partial charge is 0.465 e. The van der Waals surface area contributed by atoms with Crippen molar-refractivity contribution in [1.29, 1.82) is 0 Å². The van der Waals surface area contributed by atoms with E-state index < -0.39 is 0 Å². The van der Waals surface area contributed by atoms with Crippen LogP contribution in [-0.2, 0) is 4.74 Å². The van der Waals surface area contributed by atoms with Gasteiger partial charge < -0.3 is 24.3 Å². The van der Waals surface area contributed by atoms with Gasteiger partial charge in [-0.05, 0) is 98.4 Å². The standard InChI is InChI=1S/C34H30N4O3S/c1-22-21-28(23(2)37(22)30-15-8-7-13-27(30)33(39)40-3)32-31(29-14-9-10-20-35-29)36-34(42)38(32)24-16-18-26(19-17-24)41-25-11-5-4-6-12-25/h4-21,31-32H,1-3H3,(H,36,42)/t31-,32+/m0/s1. The van der Waals surface area contributed by atoms with Crippen LogP contribution in [0.1, 0.15) is 45.1 Å². The number of carbonyl (C=O) groups is 1. The quantitative estimate of drug-likeness (QED) is 0.162. The predicted octanol–water partition coefficient (Wildman–Crippen LogP) is 7.25. The molecule has 1 fully saturated rings. The summed E-state index contributed by atoms with van der Waals surface area (Å²) >= 11 is 5.95. The second-order valence-corrected chi connectivity index (χ2v) is 10.5. The topological polar surface area (TPSA) is 68.6 Å². The first-order chi connectivity index (χ1) is 20.5. The van der Waals surface area contributed by atoms with Crippen molar-refractivity contribution in [3.8, 4) is 17.2 Å². The molecule has 0 amide bonds. The number of carbonyl (C=O) groups excluding carboxylic acids is 1.